The van der Waals surface area contributed by atoms with Gasteiger partial charge in [0.15, 0.2) is 0 Å². The lowest BCUT2D eigenvalue weighted by Crippen LogP contribution is -2.41. The zero-order valence-electron chi connectivity index (χ0n) is 10.2. The molecule has 1 fully saturated rings. The summed E-state index contributed by atoms with van der Waals surface area (Å²) in [6.07, 6.45) is 3.20. The molecule has 88 valence electrons. The van der Waals surface area contributed by atoms with E-state index in [0.717, 1.165) is 38.9 Å². The molecule has 0 aliphatic carbocycles. The van der Waals surface area contributed by atoms with E-state index in [9.17, 15) is 4.79 Å². The summed E-state index contributed by atoms with van der Waals surface area (Å²) in [5.41, 5.74) is 0.304. The van der Waals surface area contributed by atoms with Gasteiger partial charge in [0.05, 0.1) is 5.92 Å². The second-order valence-electron chi connectivity index (χ2n) is 5.64. The zero-order chi connectivity index (χ0) is 11.3. The molecule has 1 heterocycles. The van der Waals surface area contributed by atoms with Crippen LogP contribution in [-0.2, 0) is 4.79 Å². The molecule has 3 nitrogen and oxygen atoms in total. The molecule has 3 heteroatoms. The van der Waals surface area contributed by atoms with E-state index in [1.54, 1.807) is 0 Å². The van der Waals surface area contributed by atoms with Gasteiger partial charge in [-0.15, -0.1) is 0 Å². The summed E-state index contributed by atoms with van der Waals surface area (Å²) in [5, 5.41) is 6.29. The van der Waals surface area contributed by atoms with Crippen molar-refractivity contribution >= 4 is 5.91 Å². The maximum atomic E-state index is 11.7. The summed E-state index contributed by atoms with van der Waals surface area (Å²) in [6, 6.07) is 0. The van der Waals surface area contributed by atoms with Gasteiger partial charge in [-0.05, 0) is 31.2 Å². The molecular weight excluding hydrogens is 188 g/mol. The Labute approximate surface area is 93.0 Å². The van der Waals surface area contributed by atoms with E-state index in [2.05, 4.69) is 31.4 Å². The van der Waals surface area contributed by atoms with Crippen LogP contribution in [0.1, 0.15) is 40.0 Å². The van der Waals surface area contributed by atoms with Gasteiger partial charge in [-0.1, -0.05) is 20.8 Å². The Bertz CT molecular complexity index is 202. The third kappa shape index (κ3) is 5.17. The van der Waals surface area contributed by atoms with E-state index in [1.165, 1.54) is 0 Å². The van der Waals surface area contributed by atoms with Crippen molar-refractivity contribution in [3.8, 4) is 0 Å². The zero-order valence-corrected chi connectivity index (χ0v) is 10.2. The molecule has 1 aliphatic heterocycles. The normalized spacial score (nSPS) is 22.5. The Balaban J connectivity index is 2.17. The highest BCUT2D eigenvalue weighted by Gasteiger charge is 2.20. The predicted molar refractivity (Wildman–Crippen MR) is 62.7 cm³/mol. The molecule has 15 heavy (non-hydrogen) atoms. The van der Waals surface area contributed by atoms with E-state index >= 15 is 0 Å². The first-order valence-electron chi connectivity index (χ1n) is 5.97. The number of piperidine rings is 1. The van der Waals surface area contributed by atoms with E-state index < -0.39 is 0 Å². The summed E-state index contributed by atoms with van der Waals surface area (Å²) < 4.78 is 0. The molecule has 1 saturated heterocycles. The first kappa shape index (κ1) is 12.5. The second kappa shape index (κ2) is 5.50. The van der Waals surface area contributed by atoms with Crippen molar-refractivity contribution in [1.82, 2.24) is 10.6 Å². The van der Waals surface area contributed by atoms with Gasteiger partial charge in [0, 0.05) is 13.1 Å². The lowest BCUT2D eigenvalue weighted by Gasteiger charge is -2.23. The molecule has 2 N–H and O–H groups in total. The van der Waals surface area contributed by atoms with Crippen LogP contribution in [0.3, 0.4) is 0 Å². The molecular formula is C12H24N2O. The van der Waals surface area contributed by atoms with Gasteiger partial charge in [0.1, 0.15) is 0 Å². The number of rotatable bonds is 3. The monoisotopic (exact) mass is 212 g/mol. The lowest BCUT2D eigenvalue weighted by molar-refractivity contribution is -0.125. The third-order valence-electron chi connectivity index (χ3n) is 2.84. The standard InChI is InChI=1S/C12H24N2O/c1-12(2,3)6-8-14-11(15)10-5-4-7-13-9-10/h10,13H,4-9H2,1-3H3,(H,14,15)/t10-/m0/s1. The molecule has 0 unspecified atom stereocenters. The molecule has 1 amide bonds. The molecule has 0 bridgehead atoms. The quantitative estimate of drug-likeness (QED) is 0.745. The fourth-order valence-corrected chi connectivity index (χ4v) is 1.78. The van der Waals surface area contributed by atoms with Crippen molar-refractivity contribution in [2.75, 3.05) is 19.6 Å². The van der Waals surface area contributed by atoms with Gasteiger partial charge in [-0.25, -0.2) is 0 Å². The fraction of sp³-hybridized carbons (Fsp3) is 0.917. The van der Waals surface area contributed by atoms with Crippen LogP contribution in [0.5, 0.6) is 0 Å². The molecule has 0 saturated carbocycles. The molecule has 0 radical (unpaired) electrons. The Hall–Kier alpha value is -0.570. The van der Waals surface area contributed by atoms with Crippen LogP contribution in [-0.4, -0.2) is 25.5 Å². The highest BCUT2D eigenvalue weighted by atomic mass is 16.1. The molecule has 1 aliphatic rings. The predicted octanol–water partition coefficient (Wildman–Crippen LogP) is 1.54. The number of nitrogens with one attached hydrogen (secondary N) is 2. The number of carbonyl (C=O) groups excluding carboxylic acids is 1. The first-order chi connectivity index (χ1) is 6.99. The molecule has 0 spiro atoms. The number of hydrogen-bond donors (Lipinski definition) is 2. The average molecular weight is 212 g/mol. The largest absolute Gasteiger partial charge is 0.356 e. The van der Waals surface area contributed by atoms with Crippen molar-refractivity contribution in [3.05, 3.63) is 0 Å². The minimum atomic E-state index is 0.193. The highest BCUT2D eigenvalue weighted by molar-refractivity contribution is 5.78. The van der Waals surface area contributed by atoms with Gasteiger partial charge >= 0.3 is 0 Å². The van der Waals surface area contributed by atoms with Crippen molar-refractivity contribution in [2.24, 2.45) is 11.3 Å². The maximum Gasteiger partial charge on any atom is 0.224 e. The third-order valence-corrected chi connectivity index (χ3v) is 2.84. The van der Waals surface area contributed by atoms with Crippen molar-refractivity contribution in [1.29, 1.82) is 0 Å². The van der Waals surface area contributed by atoms with E-state index in [4.69, 9.17) is 0 Å². The Morgan fingerprint density at radius 3 is 2.73 bits per heavy atom. The lowest BCUT2D eigenvalue weighted by atomic mass is 9.92. The molecule has 0 aromatic heterocycles. The van der Waals surface area contributed by atoms with Gasteiger partial charge in [-0.3, -0.25) is 4.79 Å². The maximum absolute atomic E-state index is 11.7. The van der Waals surface area contributed by atoms with Crippen LogP contribution in [0.2, 0.25) is 0 Å². The van der Waals surface area contributed by atoms with Gasteiger partial charge < -0.3 is 10.6 Å². The minimum absolute atomic E-state index is 0.193. The Morgan fingerprint density at radius 2 is 2.20 bits per heavy atom. The van der Waals surface area contributed by atoms with Crippen molar-refractivity contribution in [2.45, 2.75) is 40.0 Å². The minimum Gasteiger partial charge on any atom is -0.356 e. The van der Waals surface area contributed by atoms with Gasteiger partial charge in [-0.2, -0.15) is 0 Å². The molecule has 1 rings (SSSR count). The van der Waals surface area contributed by atoms with Crippen LogP contribution in [0, 0.1) is 11.3 Å². The van der Waals surface area contributed by atoms with Crippen LogP contribution in [0.25, 0.3) is 0 Å². The summed E-state index contributed by atoms with van der Waals surface area (Å²) in [4.78, 5) is 11.7. The SMILES string of the molecule is CC(C)(C)CCNC(=O)[C@H]1CCCNC1. The average Bonchev–Trinajstić information content (AvgIpc) is 2.17. The summed E-state index contributed by atoms with van der Waals surface area (Å²) in [7, 11) is 0. The second-order valence-corrected chi connectivity index (χ2v) is 5.64. The first-order valence-corrected chi connectivity index (χ1v) is 5.97. The topological polar surface area (TPSA) is 41.1 Å². The number of carbonyl (C=O) groups is 1. The van der Waals surface area contributed by atoms with Crippen molar-refractivity contribution in [3.63, 3.8) is 0 Å². The van der Waals surface area contributed by atoms with Crippen LogP contribution >= 0.6 is 0 Å². The Kier molecular flexibility index (Phi) is 4.58. The van der Waals surface area contributed by atoms with Crippen LogP contribution < -0.4 is 10.6 Å². The van der Waals surface area contributed by atoms with Crippen LogP contribution in [0.15, 0.2) is 0 Å². The highest BCUT2D eigenvalue weighted by Crippen LogP contribution is 2.17. The van der Waals surface area contributed by atoms with E-state index in [0.29, 0.717) is 5.41 Å². The Morgan fingerprint density at radius 1 is 1.47 bits per heavy atom. The summed E-state index contributed by atoms with van der Waals surface area (Å²) in [5.74, 6) is 0.421. The summed E-state index contributed by atoms with van der Waals surface area (Å²) >= 11 is 0. The van der Waals surface area contributed by atoms with E-state index in [1.807, 2.05) is 0 Å². The van der Waals surface area contributed by atoms with Crippen LogP contribution in [0.4, 0.5) is 0 Å². The fourth-order valence-electron chi connectivity index (χ4n) is 1.78. The van der Waals surface area contributed by atoms with Gasteiger partial charge in [0.25, 0.3) is 0 Å². The number of hydrogen-bond acceptors (Lipinski definition) is 2. The van der Waals surface area contributed by atoms with Crippen molar-refractivity contribution < 1.29 is 4.79 Å². The smallest absolute Gasteiger partial charge is 0.224 e. The summed E-state index contributed by atoms with van der Waals surface area (Å²) in [6.45, 7) is 9.30. The van der Waals surface area contributed by atoms with E-state index in [-0.39, 0.29) is 11.8 Å². The number of amides is 1. The molecule has 0 aromatic rings. The molecule has 0 aromatic carbocycles. The molecule has 1 atom stereocenters. The van der Waals surface area contributed by atoms with Gasteiger partial charge in [0.2, 0.25) is 5.91 Å².